The molecular formula is C19H18N4O3. The van der Waals surface area contributed by atoms with Crippen LogP contribution in [-0.4, -0.2) is 32.5 Å². The van der Waals surface area contributed by atoms with Gasteiger partial charge in [0, 0.05) is 36.6 Å². The molecule has 0 fully saturated rings. The lowest BCUT2D eigenvalue weighted by Crippen LogP contribution is -2.36. The van der Waals surface area contributed by atoms with E-state index in [0.717, 1.165) is 17.0 Å². The lowest BCUT2D eigenvalue weighted by molar-refractivity contribution is 0.0728. The van der Waals surface area contributed by atoms with E-state index in [2.05, 4.69) is 15.1 Å². The zero-order valence-corrected chi connectivity index (χ0v) is 14.4. The summed E-state index contributed by atoms with van der Waals surface area (Å²) in [6, 6.07) is 7.29. The summed E-state index contributed by atoms with van der Waals surface area (Å²) in [5.74, 6) is 1.45. The number of carbonyl (C=O) groups excluding carboxylic acids is 1. The van der Waals surface area contributed by atoms with Crippen molar-refractivity contribution in [2.75, 3.05) is 6.54 Å². The summed E-state index contributed by atoms with van der Waals surface area (Å²) >= 11 is 0. The fourth-order valence-corrected chi connectivity index (χ4v) is 2.91. The summed E-state index contributed by atoms with van der Waals surface area (Å²) in [6.45, 7) is 3.22. The van der Waals surface area contributed by atoms with Crippen LogP contribution in [0.15, 0.2) is 47.4 Å². The molecule has 0 bridgehead atoms. The minimum absolute atomic E-state index is 0.0384. The average Bonchev–Trinajstić information content (AvgIpc) is 3.09. The Kier molecular flexibility index (Phi) is 4.35. The van der Waals surface area contributed by atoms with E-state index in [-0.39, 0.29) is 12.5 Å². The molecule has 7 heteroatoms. The Morgan fingerprint density at radius 1 is 1.31 bits per heavy atom. The highest BCUT2D eigenvalue weighted by Gasteiger charge is 2.27. The summed E-state index contributed by atoms with van der Waals surface area (Å²) in [4.78, 5) is 22.7. The second kappa shape index (κ2) is 6.95. The van der Waals surface area contributed by atoms with Gasteiger partial charge in [0.15, 0.2) is 0 Å². The number of hydrogen-bond donors (Lipinski definition) is 0. The third kappa shape index (κ3) is 3.28. The van der Waals surface area contributed by atoms with Gasteiger partial charge in [-0.25, -0.2) is 0 Å². The largest absolute Gasteiger partial charge is 0.486 e. The van der Waals surface area contributed by atoms with Crippen molar-refractivity contribution >= 4 is 5.91 Å². The molecule has 1 amide bonds. The van der Waals surface area contributed by atoms with E-state index in [1.165, 1.54) is 0 Å². The fraction of sp³-hybridized carbons (Fsp3) is 0.263. The summed E-state index contributed by atoms with van der Waals surface area (Å²) in [7, 11) is 0. The van der Waals surface area contributed by atoms with Crippen LogP contribution in [-0.2, 0) is 19.6 Å². The van der Waals surface area contributed by atoms with Gasteiger partial charge in [-0.15, -0.1) is 0 Å². The van der Waals surface area contributed by atoms with Crippen LogP contribution < -0.4 is 4.74 Å². The summed E-state index contributed by atoms with van der Waals surface area (Å²) in [6.07, 6.45) is 5.59. The van der Waals surface area contributed by atoms with Crippen LogP contribution in [0.4, 0.5) is 0 Å². The first-order valence-electron chi connectivity index (χ1n) is 8.42. The number of aryl methyl sites for hydroxylation is 1. The summed E-state index contributed by atoms with van der Waals surface area (Å²) in [5, 5.41) is 4.12. The van der Waals surface area contributed by atoms with Gasteiger partial charge in [-0.05, 0) is 31.2 Å². The zero-order chi connectivity index (χ0) is 17.9. The number of hydrogen-bond acceptors (Lipinski definition) is 6. The second-order valence-electron chi connectivity index (χ2n) is 6.17. The van der Waals surface area contributed by atoms with Gasteiger partial charge >= 0.3 is 0 Å². The molecule has 3 aromatic rings. The number of pyridine rings is 2. The van der Waals surface area contributed by atoms with Crippen molar-refractivity contribution in [3.63, 3.8) is 0 Å². The topological polar surface area (TPSA) is 81.4 Å². The van der Waals surface area contributed by atoms with Gasteiger partial charge in [-0.3, -0.25) is 14.8 Å². The Morgan fingerprint density at radius 2 is 2.23 bits per heavy atom. The Balaban J connectivity index is 1.48. The number of rotatable bonds is 4. The Morgan fingerprint density at radius 3 is 3.00 bits per heavy atom. The minimum Gasteiger partial charge on any atom is -0.486 e. The highest BCUT2D eigenvalue weighted by atomic mass is 16.5. The molecule has 0 aliphatic carbocycles. The number of aromatic nitrogens is 3. The standard InChI is InChI=1S/C19H18N4O3/c1-13-4-5-14(9-21-13)19(24)23-8-6-18-16(11-23)17(22-26-18)12-25-15-3-2-7-20-10-15/h2-5,7,9-10H,6,8,11-12H2,1H3. The quantitative estimate of drug-likeness (QED) is 0.719. The average molecular weight is 350 g/mol. The van der Waals surface area contributed by atoms with Crippen LogP contribution in [0, 0.1) is 6.92 Å². The van der Waals surface area contributed by atoms with Crippen LogP contribution in [0.3, 0.4) is 0 Å². The molecule has 0 aromatic carbocycles. The van der Waals surface area contributed by atoms with Gasteiger partial charge in [0.2, 0.25) is 0 Å². The number of nitrogens with zero attached hydrogens (tertiary/aromatic N) is 4. The SMILES string of the molecule is Cc1ccc(C(=O)N2CCc3onc(COc4cccnc4)c3C2)cn1. The van der Waals surface area contributed by atoms with Crippen LogP contribution in [0.25, 0.3) is 0 Å². The number of carbonyl (C=O) groups is 1. The fourth-order valence-electron chi connectivity index (χ4n) is 2.91. The molecule has 0 unspecified atom stereocenters. The third-order valence-corrected chi connectivity index (χ3v) is 4.36. The maximum atomic E-state index is 12.7. The van der Waals surface area contributed by atoms with E-state index in [1.807, 2.05) is 25.1 Å². The lowest BCUT2D eigenvalue weighted by Gasteiger charge is -2.26. The van der Waals surface area contributed by atoms with Crippen molar-refractivity contribution < 1.29 is 14.1 Å². The van der Waals surface area contributed by atoms with Gasteiger partial charge in [0.1, 0.15) is 23.8 Å². The number of amides is 1. The maximum absolute atomic E-state index is 12.7. The number of ether oxygens (including phenoxy) is 1. The third-order valence-electron chi connectivity index (χ3n) is 4.36. The maximum Gasteiger partial charge on any atom is 0.255 e. The van der Waals surface area contributed by atoms with Gasteiger partial charge in [0.25, 0.3) is 5.91 Å². The van der Waals surface area contributed by atoms with E-state index in [1.54, 1.807) is 29.6 Å². The molecule has 1 aliphatic rings. The van der Waals surface area contributed by atoms with Gasteiger partial charge in [0.05, 0.1) is 18.3 Å². The highest BCUT2D eigenvalue weighted by Crippen LogP contribution is 2.24. The van der Waals surface area contributed by atoms with Crippen molar-refractivity contribution in [1.29, 1.82) is 0 Å². The van der Waals surface area contributed by atoms with E-state index >= 15 is 0 Å². The molecule has 0 spiro atoms. The molecular weight excluding hydrogens is 332 g/mol. The van der Waals surface area contributed by atoms with Crippen molar-refractivity contribution in [2.45, 2.75) is 26.5 Å². The molecule has 132 valence electrons. The van der Waals surface area contributed by atoms with Crippen LogP contribution >= 0.6 is 0 Å². The molecule has 4 heterocycles. The van der Waals surface area contributed by atoms with E-state index in [4.69, 9.17) is 9.26 Å². The molecule has 0 N–H and O–H groups in total. The molecule has 0 radical (unpaired) electrons. The first-order valence-corrected chi connectivity index (χ1v) is 8.42. The zero-order valence-electron chi connectivity index (χ0n) is 14.4. The van der Waals surface area contributed by atoms with Gasteiger partial charge in [-0.1, -0.05) is 5.16 Å². The minimum atomic E-state index is -0.0384. The lowest BCUT2D eigenvalue weighted by atomic mass is 10.1. The highest BCUT2D eigenvalue weighted by molar-refractivity contribution is 5.94. The Bertz CT molecular complexity index is 906. The van der Waals surface area contributed by atoms with Crippen LogP contribution in [0.2, 0.25) is 0 Å². The molecule has 26 heavy (non-hydrogen) atoms. The molecule has 0 saturated heterocycles. The second-order valence-corrected chi connectivity index (χ2v) is 6.17. The molecule has 3 aromatic heterocycles. The van der Waals surface area contributed by atoms with Crippen LogP contribution in [0.5, 0.6) is 5.75 Å². The molecule has 0 saturated carbocycles. The van der Waals surface area contributed by atoms with Crippen molar-refractivity contribution in [3.05, 3.63) is 71.1 Å². The van der Waals surface area contributed by atoms with Gasteiger partial charge < -0.3 is 14.2 Å². The summed E-state index contributed by atoms with van der Waals surface area (Å²) < 4.78 is 11.1. The smallest absolute Gasteiger partial charge is 0.255 e. The normalized spacial score (nSPS) is 13.3. The molecule has 7 nitrogen and oxygen atoms in total. The first kappa shape index (κ1) is 16.3. The Labute approximate surface area is 150 Å². The molecule has 4 rings (SSSR count). The van der Waals surface area contributed by atoms with Crippen LogP contribution in [0.1, 0.15) is 33.1 Å². The van der Waals surface area contributed by atoms with E-state index in [0.29, 0.717) is 36.5 Å². The summed E-state index contributed by atoms with van der Waals surface area (Å²) in [5.41, 5.74) is 3.11. The molecule has 1 aliphatic heterocycles. The molecule has 0 atom stereocenters. The Hall–Kier alpha value is -3.22. The predicted octanol–water partition coefficient (Wildman–Crippen LogP) is 2.55. The van der Waals surface area contributed by atoms with Crippen molar-refractivity contribution in [2.24, 2.45) is 0 Å². The van der Waals surface area contributed by atoms with Crippen molar-refractivity contribution in [3.8, 4) is 5.75 Å². The number of fused-ring (bicyclic) bond motifs is 1. The first-order chi connectivity index (χ1) is 12.7. The van der Waals surface area contributed by atoms with Crippen molar-refractivity contribution in [1.82, 2.24) is 20.0 Å². The predicted molar refractivity (Wildman–Crippen MR) is 92.5 cm³/mol. The van der Waals surface area contributed by atoms with E-state index < -0.39 is 0 Å². The van der Waals surface area contributed by atoms with Gasteiger partial charge in [-0.2, -0.15) is 0 Å². The van der Waals surface area contributed by atoms with E-state index in [9.17, 15) is 4.79 Å². The monoisotopic (exact) mass is 350 g/mol.